The number of aromatic nitrogens is 2. The molecule has 0 spiro atoms. The number of benzene rings is 1. The minimum Gasteiger partial charge on any atom is -0.379 e. The zero-order valence-electron chi connectivity index (χ0n) is 12.9. The lowest BCUT2D eigenvalue weighted by Crippen LogP contribution is -2.44. The van der Waals surface area contributed by atoms with Crippen LogP contribution in [0, 0.1) is 11.7 Å². The van der Waals surface area contributed by atoms with E-state index in [0.717, 1.165) is 36.6 Å². The molecular formula is C17H20FN3O. The highest BCUT2D eigenvalue weighted by Crippen LogP contribution is 2.24. The molecule has 1 aliphatic heterocycles. The monoisotopic (exact) mass is 301 g/mol. The predicted octanol–water partition coefficient (Wildman–Crippen LogP) is 3.14. The van der Waals surface area contributed by atoms with Crippen LogP contribution in [0.25, 0.3) is 11.3 Å². The molecule has 116 valence electrons. The summed E-state index contributed by atoms with van der Waals surface area (Å²) in [5, 5.41) is 8.59. The first kappa shape index (κ1) is 14.9. The second-order valence-corrected chi connectivity index (χ2v) is 5.77. The van der Waals surface area contributed by atoms with Gasteiger partial charge in [-0.25, -0.2) is 4.39 Å². The van der Waals surface area contributed by atoms with Gasteiger partial charge in [0, 0.05) is 25.8 Å². The molecule has 1 aliphatic rings. The van der Waals surface area contributed by atoms with Crippen molar-refractivity contribution in [2.24, 2.45) is 5.92 Å². The molecule has 5 heteroatoms. The Hall–Kier alpha value is -2.01. The van der Waals surface area contributed by atoms with E-state index in [2.05, 4.69) is 22.0 Å². The van der Waals surface area contributed by atoms with Crippen molar-refractivity contribution in [1.82, 2.24) is 10.2 Å². The third kappa shape index (κ3) is 3.09. The Morgan fingerprint density at radius 3 is 2.55 bits per heavy atom. The number of anilines is 1. The van der Waals surface area contributed by atoms with Crippen LogP contribution < -0.4 is 4.90 Å². The van der Waals surface area contributed by atoms with Crippen LogP contribution >= 0.6 is 0 Å². The molecular weight excluding hydrogens is 281 g/mol. The SMILES string of the molecule is COC1CN(c2ccc(-c3ccc(F)cc3)nn2)CCC1C. The molecule has 0 amide bonds. The van der Waals surface area contributed by atoms with Crippen molar-refractivity contribution in [1.29, 1.82) is 0 Å². The van der Waals surface area contributed by atoms with Crippen molar-refractivity contribution in [3.63, 3.8) is 0 Å². The van der Waals surface area contributed by atoms with Crippen molar-refractivity contribution in [3.8, 4) is 11.3 Å². The van der Waals surface area contributed by atoms with Gasteiger partial charge in [0.2, 0.25) is 0 Å². The molecule has 2 atom stereocenters. The fourth-order valence-corrected chi connectivity index (χ4v) is 2.82. The summed E-state index contributed by atoms with van der Waals surface area (Å²) in [6.07, 6.45) is 1.31. The van der Waals surface area contributed by atoms with Crippen molar-refractivity contribution < 1.29 is 9.13 Å². The van der Waals surface area contributed by atoms with E-state index in [-0.39, 0.29) is 11.9 Å². The fraction of sp³-hybridized carbons (Fsp3) is 0.412. The Balaban J connectivity index is 1.75. The lowest BCUT2D eigenvalue weighted by atomic mass is 9.96. The number of rotatable bonds is 3. The number of piperidine rings is 1. The number of hydrogen-bond donors (Lipinski definition) is 0. The summed E-state index contributed by atoms with van der Waals surface area (Å²) >= 11 is 0. The van der Waals surface area contributed by atoms with E-state index in [0.29, 0.717) is 5.92 Å². The highest BCUT2D eigenvalue weighted by molar-refractivity contribution is 5.59. The Bertz CT molecular complexity index is 615. The minimum atomic E-state index is -0.249. The van der Waals surface area contributed by atoms with E-state index < -0.39 is 0 Å². The summed E-state index contributed by atoms with van der Waals surface area (Å²) in [5.74, 6) is 1.17. The fourth-order valence-electron chi connectivity index (χ4n) is 2.82. The molecule has 2 unspecified atom stereocenters. The Labute approximate surface area is 129 Å². The lowest BCUT2D eigenvalue weighted by molar-refractivity contribution is 0.0496. The molecule has 0 bridgehead atoms. The zero-order valence-corrected chi connectivity index (χ0v) is 12.9. The smallest absolute Gasteiger partial charge is 0.151 e. The largest absolute Gasteiger partial charge is 0.379 e. The molecule has 0 N–H and O–H groups in total. The summed E-state index contributed by atoms with van der Waals surface area (Å²) < 4.78 is 18.5. The van der Waals surface area contributed by atoms with Crippen LogP contribution in [0.5, 0.6) is 0 Å². The van der Waals surface area contributed by atoms with Crippen LogP contribution in [0.4, 0.5) is 10.2 Å². The summed E-state index contributed by atoms with van der Waals surface area (Å²) in [6.45, 7) is 4.02. The summed E-state index contributed by atoms with van der Waals surface area (Å²) in [4.78, 5) is 2.20. The lowest BCUT2D eigenvalue weighted by Gasteiger charge is -2.36. The quantitative estimate of drug-likeness (QED) is 0.873. The molecule has 1 fully saturated rings. The zero-order chi connectivity index (χ0) is 15.5. The molecule has 1 aromatic carbocycles. The van der Waals surface area contributed by atoms with Crippen LogP contribution in [0.2, 0.25) is 0 Å². The maximum Gasteiger partial charge on any atom is 0.151 e. The number of nitrogens with zero attached hydrogens (tertiary/aromatic N) is 3. The third-order valence-corrected chi connectivity index (χ3v) is 4.31. The number of hydrogen-bond acceptors (Lipinski definition) is 4. The van der Waals surface area contributed by atoms with Gasteiger partial charge in [-0.15, -0.1) is 10.2 Å². The van der Waals surface area contributed by atoms with Crippen molar-refractivity contribution in [2.45, 2.75) is 19.4 Å². The van der Waals surface area contributed by atoms with Crippen LogP contribution in [0.1, 0.15) is 13.3 Å². The summed E-state index contributed by atoms with van der Waals surface area (Å²) in [5.41, 5.74) is 1.61. The second kappa shape index (κ2) is 6.40. The standard InChI is InChI=1S/C17H20FN3O/c1-12-9-10-21(11-16(12)22-2)17-8-7-15(19-20-17)13-3-5-14(18)6-4-13/h3-8,12,16H,9-11H2,1-2H3. The number of ether oxygens (including phenoxy) is 1. The van der Waals surface area contributed by atoms with Gasteiger partial charge in [-0.3, -0.25) is 0 Å². The van der Waals surface area contributed by atoms with Crippen LogP contribution in [0.3, 0.4) is 0 Å². The van der Waals surface area contributed by atoms with Crippen molar-refractivity contribution in [2.75, 3.05) is 25.1 Å². The van der Waals surface area contributed by atoms with E-state index in [1.165, 1.54) is 12.1 Å². The molecule has 2 aromatic rings. The van der Waals surface area contributed by atoms with E-state index in [1.54, 1.807) is 19.2 Å². The molecule has 1 saturated heterocycles. The van der Waals surface area contributed by atoms with E-state index in [9.17, 15) is 4.39 Å². The average Bonchev–Trinajstić information content (AvgIpc) is 2.56. The van der Waals surface area contributed by atoms with Gasteiger partial charge in [0.1, 0.15) is 5.82 Å². The van der Waals surface area contributed by atoms with E-state index in [4.69, 9.17) is 4.74 Å². The van der Waals surface area contributed by atoms with E-state index in [1.807, 2.05) is 12.1 Å². The van der Waals surface area contributed by atoms with Gasteiger partial charge >= 0.3 is 0 Å². The van der Waals surface area contributed by atoms with Gasteiger partial charge < -0.3 is 9.64 Å². The molecule has 3 rings (SSSR count). The molecule has 0 saturated carbocycles. The molecule has 0 aliphatic carbocycles. The Morgan fingerprint density at radius 2 is 1.91 bits per heavy atom. The molecule has 0 radical (unpaired) electrons. The maximum atomic E-state index is 13.0. The van der Waals surface area contributed by atoms with Crippen LogP contribution in [0.15, 0.2) is 36.4 Å². The minimum absolute atomic E-state index is 0.229. The third-order valence-electron chi connectivity index (χ3n) is 4.31. The summed E-state index contributed by atoms with van der Waals surface area (Å²) in [7, 11) is 1.76. The van der Waals surface area contributed by atoms with Crippen molar-refractivity contribution >= 4 is 5.82 Å². The first-order valence-electron chi connectivity index (χ1n) is 7.55. The first-order chi connectivity index (χ1) is 10.7. The van der Waals surface area contributed by atoms with Gasteiger partial charge in [-0.05, 0) is 48.7 Å². The average molecular weight is 301 g/mol. The number of methoxy groups -OCH3 is 1. The number of halogens is 1. The van der Waals surface area contributed by atoms with Gasteiger partial charge in [-0.1, -0.05) is 6.92 Å². The molecule has 1 aromatic heterocycles. The van der Waals surface area contributed by atoms with Crippen LogP contribution in [-0.4, -0.2) is 36.5 Å². The molecule has 2 heterocycles. The van der Waals surface area contributed by atoms with Crippen molar-refractivity contribution in [3.05, 3.63) is 42.2 Å². The van der Waals surface area contributed by atoms with E-state index >= 15 is 0 Å². The van der Waals surface area contributed by atoms with Gasteiger partial charge in [-0.2, -0.15) is 0 Å². The van der Waals surface area contributed by atoms with Crippen LogP contribution in [-0.2, 0) is 4.74 Å². The Morgan fingerprint density at radius 1 is 1.14 bits per heavy atom. The van der Waals surface area contributed by atoms with Gasteiger partial charge in [0.05, 0.1) is 11.8 Å². The highest BCUT2D eigenvalue weighted by atomic mass is 19.1. The molecule has 4 nitrogen and oxygen atoms in total. The maximum absolute atomic E-state index is 13.0. The predicted molar refractivity (Wildman–Crippen MR) is 84.2 cm³/mol. The topological polar surface area (TPSA) is 38.2 Å². The van der Waals surface area contributed by atoms with Gasteiger partial charge in [0.15, 0.2) is 5.82 Å². The molecule has 22 heavy (non-hydrogen) atoms. The second-order valence-electron chi connectivity index (χ2n) is 5.77. The van der Waals surface area contributed by atoms with Gasteiger partial charge in [0.25, 0.3) is 0 Å². The Kier molecular flexibility index (Phi) is 4.34. The normalized spacial score (nSPS) is 21.9. The highest BCUT2D eigenvalue weighted by Gasteiger charge is 2.26. The summed E-state index contributed by atoms with van der Waals surface area (Å²) in [6, 6.07) is 10.2. The first-order valence-corrected chi connectivity index (χ1v) is 7.55.